The lowest BCUT2D eigenvalue weighted by molar-refractivity contribution is -0.121. The van der Waals surface area contributed by atoms with Gasteiger partial charge in [0.1, 0.15) is 5.82 Å². The molecule has 9 heteroatoms. The van der Waals surface area contributed by atoms with E-state index >= 15 is 0 Å². The van der Waals surface area contributed by atoms with Crippen molar-refractivity contribution >= 4 is 28.7 Å². The molecule has 1 saturated carbocycles. The van der Waals surface area contributed by atoms with E-state index in [9.17, 15) is 9.59 Å². The molecule has 3 aromatic rings. The summed E-state index contributed by atoms with van der Waals surface area (Å²) in [5.74, 6) is 0.491. The van der Waals surface area contributed by atoms with Crippen LogP contribution in [0.3, 0.4) is 0 Å². The molecule has 0 aliphatic heterocycles. The number of nitrogens with one attached hydrogen (secondary N) is 4. The lowest BCUT2D eigenvalue weighted by Crippen LogP contribution is -2.35. The number of methoxy groups -OCH3 is 1. The third-order valence-electron chi connectivity index (χ3n) is 5.28. The smallest absolute Gasteiger partial charge is 0.320 e. The Balaban J connectivity index is 1.44. The van der Waals surface area contributed by atoms with E-state index in [0.717, 1.165) is 28.6 Å². The average molecular weight is 408 g/mol. The van der Waals surface area contributed by atoms with E-state index in [0.29, 0.717) is 12.4 Å². The number of urea groups is 1. The van der Waals surface area contributed by atoms with Crippen molar-refractivity contribution < 1.29 is 14.3 Å². The molecular weight excluding hydrogens is 384 g/mol. The molecule has 4 rings (SSSR count). The van der Waals surface area contributed by atoms with Crippen molar-refractivity contribution in [3.8, 4) is 0 Å². The van der Waals surface area contributed by atoms with Crippen molar-refractivity contribution in [3.63, 3.8) is 0 Å². The van der Waals surface area contributed by atoms with Crippen LogP contribution < -0.4 is 16.0 Å². The number of hydrogen-bond acceptors (Lipinski definition) is 5. The van der Waals surface area contributed by atoms with Crippen LogP contribution >= 0.6 is 0 Å². The Morgan fingerprint density at radius 1 is 1.30 bits per heavy atom. The Bertz CT molecular complexity index is 1050. The molecule has 0 saturated heterocycles. The van der Waals surface area contributed by atoms with Crippen LogP contribution in [0.5, 0.6) is 0 Å². The summed E-state index contributed by atoms with van der Waals surface area (Å²) in [6.07, 6.45) is 2.45. The van der Waals surface area contributed by atoms with E-state index in [1.54, 1.807) is 26.4 Å². The Hall–Kier alpha value is -3.46. The number of aromatic nitrogens is 3. The summed E-state index contributed by atoms with van der Waals surface area (Å²) in [5.41, 5.74) is 2.55. The van der Waals surface area contributed by atoms with Gasteiger partial charge in [-0.25, -0.2) is 9.78 Å². The number of hydrogen-bond donors (Lipinski definition) is 4. The predicted octanol–water partition coefficient (Wildman–Crippen LogP) is 2.32. The number of aromatic amines is 1. The molecule has 3 amide bonds. The third kappa shape index (κ3) is 4.11. The number of carbonyl (C=O) groups is 2. The maximum atomic E-state index is 12.5. The molecule has 0 bridgehead atoms. The number of rotatable bonds is 7. The van der Waals surface area contributed by atoms with Crippen molar-refractivity contribution in [2.75, 3.05) is 26.1 Å². The van der Waals surface area contributed by atoms with Crippen molar-refractivity contribution in [2.45, 2.75) is 18.4 Å². The zero-order valence-corrected chi connectivity index (χ0v) is 16.8. The topological polar surface area (TPSA) is 121 Å². The molecule has 1 unspecified atom stereocenters. The summed E-state index contributed by atoms with van der Waals surface area (Å²) >= 11 is 0. The highest BCUT2D eigenvalue weighted by atomic mass is 16.5. The molecule has 3 atom stereocenters. The van der Waals surface area contributed by atoms with Crippen molar-refractivity contribution in [1.29, 1.82) is 0 Å². The van der Waals surface area contributed by atoms with Crippen LogP contribution in [0.2, 0.25) is 0 Å². The summed E-state index contributed by atoms with van der Waals surface area (Å²) in [7, 11) is 3.23. The molecule has 156 valence electrons. The zero-order valence-electron chi connectivity index (χ0n) is 16.8. The molecule has 30 heavy (non-hydrogen) atoms. The monoisotopic (exact) mass is 408 g/mol. The van der Waals surface area contributed by atoms with Crippen molar-refractivity contribution in [2.24, 2.45) is 5.92 Å². The van der Waals surface area contributed by atoms with Crippen LogP contribution in [0.25, 0.3) is 10.9 Å². The van der Waals surface area contributed by atoms with E-state index in [2.05, 4.69) is 31.1 Å². The Morgan fingerprint density at radius 2 is 2.10 bits per heavy atom. The maximum absolute atomic E-state index is 12.5. The number of H-pyrrole nitrogens is 1. The highest BCUT2D eigenvalue weighted by Gasteiger charge is 2.45. The van der Waals surface area contributed by atoms with Gasteiger partial charge in [0.15, 0.2) is 0 Å². The lowest BCUT2D eigenvalue weighted by atomic mass is 10.1. The van der Waals surface area contributed by atoms with Crippen LogP contribution in [0, 0.1) is 5.92 Å². The van der Waals surface area contributed by atoms with Gasteiger partial charge in [0.25, 0.3) is 0 Å². The first kappa shape index (κ1) is 19.8. The fourth-order valence-corrected chi connectivity index (χ4v) is 3.64. The second-order valence-corrected chi connectivity index (χ2v) is 7.30. The first-order valence-corrected chi connectivity index (χ1v) is 9.77. The number of nitrogens with zero attached hydrogens (tertiary/aromatic N) is 2. The van der Waals surface area contributed by atoms with Gasteiger partial charge in [-0.05, 0) is 12.0 Å². The summed E-state index contributed by atoms with van der Waals surface area (Å²) in [4.78, 5) is 28.6. The van der Waals surface area contributed by atoms with Gasteiger partial charge in [0.05, 0.1) is 23.9 Å². The number of benzene rings is 1. The minimum absolute atomic E-state index is 0.0306. The second kappa shape index (κ2) is 8.50. The fraction of sp³-hybridized carbons (Fsp3) is 0.333. The quantitative estimate of drug-likeness (QED) is 0.478. The molecule has 1 fully saturated rings. The lowest BCUT2D eigenvalue weighted by Gasteiger charge is -2.18. The molecular formula is C21H24N6O3. The summed E-state index contributed by atoms with van der Waals surface area (Å²) < 4.78 is 5.23. The van der Waals surface area contributed by atoms with Crippen LogP contribution in [-0.4, -0.2) is 47.9 Å². The average Bonchev–Trinajstić information content (AvgIpc) is 3.45. The van der Waals surface area contributed by atoms with Crippen LogP contribution in [0.1, 0.15) is 29.6 Å². The van der Waals surface area contributed by atoms with Gasteiger partial charge in [-0.3, -0.25) is 15.2 Å². The molecule has 4 N–H and O–H groups in total. The Kier molecular flexibility index (Phi) is 5.62. The molecule has 1 aliphatic rings. The highest BCUT2D eigenvalue weighted by Crippen LogP contribution is 2.48. The van der Waals surface area contributed by atoms with Gasteiger partial charge in [0.2, 0.25) is 5.91 Å². The maximum Gasteiger partial charge on any atom is 0.320 e. The summed E-state index contributed by atoms with van der Waals surface area (Å²) in [6.45, 7) is 0.349. The number of fused-ring (bicyclic) bond motifs is 1. The van der Waals surface area contributed by atoms with Gasteiger partial charge < -0.3 is 15.4 Å². The van der Waals surface area contributed by atoms with Gasteiger partial charge in [-0.15, -0.1) is 0 Å². The SMILES string of the molecule is CNC(=O)[C@H]1CC1c1n[nH]c2cc(NC(=O)N[C@H](COC)c3ccccc3)ncc12. The van der Waals surface area contributed by atoms with Gasteiger partial charge in [-0.2, -0.15) is 5.10 Å². The van der Waals surface area contributed by atoms with E-state index < -0.39 is 0 Å². The van der Waals surface area contributed by atoms with E-state index in [-0.39, 0.29) is 29.8 Å². The first-order valence-electron chi connectivity index (χ1n) is 9.77. The number of ether oxygens (including phenoxy) is 1. The standard InChI is InChI=1S/C21H24N6O3/c1-22-20(28)14-8-13(14)19-15-10-23-18(9-16(15)26-27-19)25-21(29)24-17(11-30-2)12-6-4-3-5-7-12/h3-7,9-10,13-14,17H,8,11H2,1-2H3,(H,22,28)(H,26,27)(H2,23,24,25,29)/t13?,14-,17+/m0/s1. The summed E-state index contributed by atoms with van der Waals surface area (Å²) in [6, 6.07) is 10.7. The molecule has 0 radical (unpaired) electrons. The van der Waals surface area contributed by atoms with Gasteiger partial charge in [0, 0.05) is 43.6 Å². The molecule has 9 nitrogen and oxygen atoms in total. The molecule has 2 heterocycles. The number of carbonyl (C=O) groups excluding carboxylic acids is 2. The minimum atomic E-state index is -0.380. The third-order valence-corrected chi connectivity index (χ3v) is 5.28. The van der Waals surface area contributed by atoms with E-state index in [1.807, 2.05) is 30.3 Å². The van der Waals surface area contributed by atoms with Gasteiger partial charge in [-0.1, -0.05) is 30.3 Å². The summed E-state index contributed by atoms with van der Waals surface area (Å²) in [5, 5.41) is 16.5. The molecule has 2 aromatic heterocycles. The van der Waals surface area contributed by atoms with Crippen molar-refractivity contribution in [1.82, 2.24) is 25.8 Å². The minimum Gasteiger partial charge on any atom is -0.382 e. The highest BCUT2D eigenvalue weighted by molar-refractivity contribution is 5.92. The van der Waals surface area contributed by atoms with Crippen LogP contribution in [0.15, 0.2) is 42.6 Å². The normalized spacial score (nSPS) is 18.6. The molecule has 0 spiro atoms. The number of anilines is 1. The molecule has 1 aromatic carbocycles. The second-order valence-electron chi connectivity index (χ2n) is 7.30. The van der Waals surface area contributed by atoms with E-state index in [4.69, 9.17) is 4.74 Å². The predicted molar refractivity (Wildman–Crippen MR) is 112 cm³/mol. The first-order chi connectivity index (χ1) is 14.6. The fourth-order valence-electron chi connectivity index (χ4n) is 3.64. The Labute approximate surface area is 173 Å². The largest absolute Gasteiger partial charge is 0.382 e. The Morgan fingerprint density at radius 3 is 2.83 bits per heavy atom. The van der Waals surface area contributed by atoms with Crippen LogP contribution in [0.4, 0.5) is 10.6 Å². The van der Waals surface area contributed by atoms with Crippen LogP contribution in [-0.2, 0) is 9.53 Å². The van der Waals surface area contributed by atoms with Gasteiger partial charge >= 0.3 is 6.03 Å². The zero-order chi connectivity index (χ0) is 21.1. The number of pyridine rings is 1. The molecule has 1 aliphatic carbocycles. The number of amides is 3. The van der Waals surface area contributed by atoms with Crippen molar-refractivity contribution in [3.05, 3.63) is 53.9 Å². The van der Waals surface area contributed by atoms with E-state index in [1.165, 1.54) is 0 Å².